The summed E-state index contributed by atoms with van der Waals surface area (Å²) in [7, 11) is 0. The second-order valence-electron chi connectivity index (χ2n) is 4.93. The molecule has 7 heteroatoms. The minimum atomic E-state index is -1.06. The highest BCUT2D eigenvalue weighted by Crippen LogP contribution is 2.22. The Bertz CT molecular complexity index is 783. The zero-order valence-electron chi connectivity index (χ0n) is 11.1. The minimum absolute atomic E-state index is 0.281. The summed E-state index contributed by atoms with van der Waals surface area (Å²) >= 11 is 0. The Balaban J connectivity index is 1.98. The number of amides is 1. The Hall–Kier alpha value is -2.70. The Morgan fingerprint density at radius 3 is 2.86 bits per heavy atom. The van der Waals surface area contributed by atoms with Gasteiger partial charge < -0.3 is 10.0 Å². The van der Waals surface area contributed by atoms with Crippen LogP contribution in [0.2, 0.25) is 0 Å². The molecule has 1 fully saturated rings. The fourth-order valence-electron chi connectivity index (χ4n) is 2.61. The number of para-hydroxylation sites is 1. The third-order valence-electron chi connectivity index (χ3n) is 3.62. The number of carboxylic acids is 1. The summed E-state index contributed by atoms with van der Waals surface area (Å²) in [6.07, 6.45) is 1.77. The average Bonchev–Trinajstić information content (AvgIpc) is 2.81. The van der Waals surface area contributed by atoms with E-state index in [1.165, 1.54) is 15.8 Å². The fraction of sp³-hybridized carbons (Fsp3) is 0.286. The monoisotopic (exact) mass is 287 g/mol. The summed E-state index contributed by atoms with van der Waals surface area (Å²) in [4.78, 5) is 40.8. The van der Waals surface area contributed by atoms with E-state index < -0.39 is 12.0 Å². The number of carbonyl (C=O) groups excluding carboxylic acids is 1. The van der Waals surface area contributed by atoms with E-state index in [-0.39, 0.29) is 18.0 Å². The quantitative estimate of drug-likeness (QED) is 0.873. The molecule has 0 spiro atoms. The highest BCUT2D eigenvalue weighted by atomic mass is 16.4. The predicted octanol–water partition coefficient (Wildman–Crippen LogP) is 0.254. The smallest absolute Gasteiger partial charge is 0.323 e. The zero-order valence-corrected chi connectivity index (χ0v) is 11.1. The molecule has 21 heavy (non-hydrogen) atoms. The van der Waals surface area contributed by atoms with Crippen molar-refractivity contribution in [1.29, 1.82) is 0 Å². The first-order chi connectivity index (χ1) is 10.1. The van der Waals surface area contributed by atoms with Crippen LogP contribution in [-0.2, 0) is 9.59 Å². The Kier molecular flexibility index (Phi) is 3.17. The van der Waals surface area contributed by atoms with Gasteiger partial charge in [-0.05, 0) is 18.6 Å². The average molecular weight is 287 g/mol. The van der Waals surface area contributed by atoms with Crippen molar-refractivity contribution < 1.29 is 14.7 Å². The molecule has 2 aromatic rings. The number of carbonyl (C=O) groups is 2. The molecule has 0 radical (unpaired) electrons. The standard InChI is InChI=1S/C14H13N3O4/c18-12(19)7-16-6-5-11(14(16)21)17-8-15-10-4-2-1-3-9(10)13(17)20/h1-4,8,11H,5-7H2,(H,18,19). The molecule has 2 heterocycles. The lowest BCUT2D eigenvalue weighted by Crippen LogP contribution is -2.35. The first kappa shape index (κ1) is 13.3. The predicted molar refractivity (Wildman–Crippen MR) is 73.9 cm³/mol. The highest BCUT2D eigenvalue weighted by molar-refractivity contribution is 5.86. The number of aromatic nitrogens is 2. The Morgan fingerprint density at radius 1 is 1.33 bits per heavy atom. The number of rotatable bonds is 3. The lowest BCUT2D eigenvalue weighted by Gasteiger charge is -2.15. The SMILES string of the molecule is O=C(O)CN1CCC(n2cnc3ccccc3c2=O)C1=O. The van der Waals surface area contributed by atoms with Gasteiger partial charge in [0.05, 0.1) is 17.2 Å². The van der Waals surface area contributed by atoms with E-state index >= 15 is 0 Å². The first-order valence-electron chi connectivity index (χ1n) is 6.54. The number of likely N-dealkylation sites (tertiary alicyclic amines) is 1. The van der Waals surface area contributed by atoms with Crippen LogP contribution in [0, 0.1) is 0 Å². The van der Waals surface area contributed by atoms with Gasteiger partial charge in [-0.15, -0.1) is 0 Å². The number of hydrogen-bond donors (Lipinski definition) is 1. The van der Waals surface area contributed by atoms with E-state index in [0.717, 1.165) is 0 Å². The fourth-order valence-corrected chi connectivity index (χ4v) is 2.61. The number of nitrogens with zero attached hydrogens (tertiary/aromatic N) is 3. The second-order valence-corrected chi connectivity index (χ2v) is 4.93. The molecule has 1 unspecified atom stereocenters. The molecule has 1 aromatic heterocycles. The van der Waals surface area contributed by atoms with Gasteiger partial charge in [-0.25, -0.2) is 4.98 Å². The van der Waals surface area contributed by atoms with Gasteiger partial charge >= 0.3 is 5.97 Å². The Morgan fingerprint density at radius 2 is 2.10 bits per heavy atom. The van der Waals surface area contributed by atoms with Crippen molar-refractivity contribution in [3.05, 3.63) is 40.9 Å². The van der Waals surface area contributed by atoms with Crippen molar-refractivity contribution in [3.63, 3.8) is 0 Å². The molecule has 0 bridgehead atoms. The molecule has 7 nitrogen and oxygen atoms in total. The molecule has 1 aromatic carbocycles. The molecule has 1 N–H and O–H groups in total. The van der Waals surface area contributed by atoms with E-state index in [9.17, 15) is 14.4 Å². The van der Waals surface area contributed by atoms with Crippen LogP contribution in [0.4, 0.5) is 0 Å². The molecule has 1 atom stereocenters. The van der Waals surface area contributed by atoms with Gasteiger partial charge in [0.1, 0.15) is 12.6 Å². The van der Waals surface area contributed by atoms with Gasteiger partial charge in [-0.1, -0.05) is 12.1 Å². The third kappa shape index (κ3) is 2.26. The number of benzene rings is 1. The number of hydrogen-bond acceptors (Lipinski definition) is 4. The maximum atomic E-state index is 12.4. The molecule has 1 saturated heterocycles. The van der Waals surface area contributed by atoms with Gasteiger partial charge in [-0.2, -0.15) is 0 Å². The van der Waals surface area contributed by atoms with Crippen LogP contribution >= 0.6 is 0 Å². The summed E-state index contributed by atoms with van der Waals surface area (Å²) < 4.78 is 1.30. The van der Waals surface area contributed by atoms with Crippen molar-refractivity contribution in [3.8, 4) is 0 Å². The summed E-state index contributed by atoms with van der Waals surface area (Å²) in [6, 6.07) is 6.25. The Labute approximate surface area is 119 Å². The van der Waals surface area contributed by atoms with Crippen LogP contribution in [0.1, 0.15) is 12.5 Å². The van der Waals surface area contributed by atoms with Crippen molar-refractivity contribution in [2.75, 3.05) is 13.1 Å². The van der Waals surface area contributed by atoms with Crippen LogP contribution in [0.25, 0.3) is 10.9 Å². The molecule has 1 aliphatic heterocycles. The maximum absolute atomic E-state index is 12.4. The zero-order chi connectivity index (χ0) is 15.0. The summed E-state index contributed by atoms with van der Waals surface area (Å²) in [5.41, 5.74) is 0.294. The normalized spacial score (nSPS) is 18.4. The molecule has 1 aliphatic rings. The van der Waals surface area contributed by atoms with Crippen LogP contribution in [0.15, 0.2) is 35.4 Å². The van der Waals surface area contributed by atoms with E-state index in [0.29, 0.717) is 23.9 Å². The van der Waals surface area contributed by atoms with Crippen molar-refractivity contribution >= 4 is 22.8 Å². The minimum Gasteiger partial charge on any atom is -0.480 e. The van der Waals surface area contributed by atoms with Crippen molar-refractivity contribution in [1.82, 2.24) is 14.5 Å². The first-order valence-corrected chi connectivity index (χ1v) is 6.54. The summed E-state index contributed by atoms with van der Waals surface area (Å²) in [5.74, 6) is -1.41. The van der Waals surface area contributed by atoms with Gasteiger partial charge in [0, 0.05) is 6.54 Å². The summed E-state index contributed by atoms with van der Waals surface area (Å²) in [5, 5.41) is 9.22. The van der Waals surface area contributed by atoms with Crippen molar-refractivity contribution in [2.45, 2.75) is 12.5 Å². The number of fused-ring (bicyclic) bond motifs is 1. The maximum Gasteiger partial charge on any atom is 0.323 e. The van der Waals surface area contributed by atoms with Gasteiger partial charge in [-0.3, -0.25) is 19.0 Å². The van der Waals surface area contributed by atoms with Crippen LogP contribution in [0.5, 0.6) is 0 Å². The third-order valence-corrected chi connectivity index (χ3v) is 3.62. The lowest BCUT2D eigenvalue weighted by atomic mass is 10.2. The van der Waals surface area contributed by atoms with Crippen LogP contribution in [-0.4, -0.2) is 44.5 Å². The molecule has 0 aliphatic carbocycles. The van der Waals surface area contributed by atoms with E-state index in [4.69, 9.17) is 5.11 Å². The molecule has 0 saturated carbocycles. The van der Waals surface area contributed by atoms with E-state index in [1.54, 1.807) is 24.3 Å². The summed E-state index contributed by atoms with van der Waals surface area (Å²) in [6.45, 7) is -0.0137. The highest BCUT2D eigenvalue weighted by Gasteiger charge is 2.34. The molecule has 108 valence electrons. The molecule has 3 rings (SSSR count). The van der Waals surface area contributed by atoms with E-state index in [1.807, 2.05) is 0 Å². The second kappa shape index (κ2) is 5.01. The molecular weight excluding hydrogens is 274 g/mol. The lowest BCUT2D eigenvalue weighted by molar-refractivity contribution is -0.143. The van der Waals surface area contributed by atoms with Gasteiger partial charge in [0.2, 0.25) is 5.91 Å². The van der Waals surface area contributed by atoms with Crippen LogP contribution < -0.4 is 5.56 Å². The van der Waals surface area contributed by atoms with Crippen LogP contribution in [0.3, 0.4) is 0 Å². The number of carboxylic acid groups (broad SMARTS) is 1. The number of aliphatic carboxylic acids is 1. The van der Waals surface area contributed by atoms with Gasteiger partial charge in [0.15, 0.2) is 0 Å². The molecular formula is C14H13N3O4. The van der Waals surface area contributed by atoms with E-state index in [2.05, 4.69) is 4.98 Å². The topological polar surface area (TPSA) is 92.5 Å². The van der Waals surface area contributed by atoms with Crippen molar-refractivity contribution in [2.24, 2.45) is 0 Å². The van der Waals surface area contributed by atoms with Gasteiger partial charge in [0.25, 0.3) is 5.56 Å². The molecule has 1 amide bonds. The largest absolute Gasteiger partial charge is 0.480 e.